The molecule has 0 fully saturated rings. The molecular formula is C21H17Cl3N2O3S. The minimum absolute atomic E-state index is 0.00776. The summed E-state index contributed by atoms with van der Waals surface area (Å²) in [4.78, 5) is 12.4. The number of carbonyl (C=O) groups is 1. The number of aryl methyl sites for hydroxylation is 1. The third kappa shape index (κ3) is 5.26. The predicted octanol–water partition coefficient (Wildman–Crippen LogP) is 5.69. The molecule has 0 saturated carbocycles. The number of hydrogen-bond acceptors (Lipinski definition) is 3. The number of sulfonamides is 1. The van der Waals surface area contributed by atoms with Crippen molar-refractivity contribution in [1.29, 1.82) is 0 Å². The van der Waals surface area contributed by atoms with Gasteiger partial charge in [0.1, 0.15) is 4.90 Å². The molecule has 0 heterocycles. The molecule has 0 bridgehead atoms. The SMILES string of the molecule is Cc1ccccc1NS(=O)(=O)c1cc(C(=O)NCc2ccc(Cl)cc2Cl)ccc1Cl. The van der Waals surface area contributed by atoms with Crippen LogP contribution in [0, 0.1) is 6.92 Å². The first-order chi connectivity index (χ1) is 14.2. The van der Waals surface area contributed by atoms with Gasteiger partial charge in [-0.05, 0) is 54.4 Å². The topological polar surface area (TPSA) is 75.3 Å². The van der Waals surface area contributed by atoms with E-state index in [1.165, 1.54) is 18.2 Å². The van der Waals surface area contributed by atoms with Gasteiger partial charge in [-0.25, -0.2) is 8.42 Å². The number of carbonyl (C=O) groups excluding carboxylic acids is 1. The maximum Gasteiger partial charge on any atom is 0.263 e. The van der Waals surface area contributed by atoms with Gasteiger partial charge in [0.15, 0.2) is 0 Å². The number of anilines is 1. The Morgan fingerprint density at radius 1 is 0.933 bits per heavy atom. The lowest BCUT2D eigenvalue weighted by molar-refractivity contribution is 0.0950. The van der Waals surface area contributed by atoms with Gasteiger partial charge in [-0.2, -0.15) is 0 Å². The van der Waals surface area contributed by atoms with Crippen LogP contribution in [0.5, 0.6) is 0 Å². The van der Waals surface area contributed by atoms with Gasteiger partial charge in [0.2, 0.25) is 0 Å². The van der Waals surface area contributed by atoms with Crippen molar-refractivity contribution in [2.45, 2.75) is 18.4 Å². The van der Waals surface area contributed by atoms with Crippen molar-refractivity contribution in [2.24, 2.45) is 0 Å². The molecule has 9 heteroatoms. The maximum atomic E-state index is 12.8. The lowest BCUT2D eigenvalue weighted by atomic mass is 10.2. The highest BCUT2D eigenvalue weighted by Gasteiger charge is 2.21. The summed E-state index contributed by atoms with van der Waals surface area (Å²) in [5, 5.41) is 3.63. The van der Waals surface area contributed by atoms with Crippen molar-refractivity contribution in [3.8, 4) is 0 Å². The Morgan fingerprint density at radius 2 is 1.67 bits per heavy atom. The Morgan fingerprint density at radius 3 is 2.37 bits per heavy atom. The lowest BCUT2D eigenvalue weighted by Gasteiger charge is -2.13. The molecule has 0 spiro atoms. The maximum absolute atomic E-state index is 12.8. The Labute approximate surface area is 190 Å². The average molecular weight is 484 g/mol. The summed E-state index contributed by atoms with van der Waals surface area (Å²) in [6.45, 7) is 1.94. The van der Waals surface area contributed by atoms with Crippen molar-refractivity contribution in [1.82, 2.24) is 5.32 Å². The van der Waals surface area contributed by atoms with Gasteiger partial charge >= 0.3 is 0 Å². The molecule has 0 aromatic heterocycles. The van der Waals surface area contributed by atoms with Gasteiger partial charge in [-0.3, -0.25) is 9.52 Å². The van der Waals surface area contributed by atoms with Crippen LogP contribution in [0.25, 0.3) is 0 Å². The number of nitrogens with one attached hydrogen (secondary N) is 2. The van der Waals surface area contributed by atoms with Crippen LogP contribution in [-0.4, -0.2) is 14.3 Å². The predicted molar refractivity (Wildman–Crippen MR) is 121 cm³/mol. The van der Waals surface area contributed by atoms with E-state index in [9.17, 15) is 13.2 Å². The number of para-hydroxylation sites is 1. The average Bonchev–Trinajstić information content (AvgIpc) is 2.69. The summed E-state index contributed by atoms with van der Waals surface area (Å²) in [5.41, 5.74) is 2.01. The summed E-state index contributed by atoms with van der Waals surface area (Å²) in [7, 11) is -4.00. The first-order valence-electron chi connectivity index (χ1n) is 8.77. The molecule has 156 valence electrons. The summed E-state index contributed by atoms with van der Waals surface area (Å²) in [5.74, 6) is -0.468. The van der Waals surface area contributed by atoms with Crippen molar-refractivity contribution < 1.29 is 13.2 Å². The van der Waals surface area contributed by atoms with Gasteiger partial charge in [-0.15, -0.1) is 0 Å². The van der Waals surface area contributed by atoms with Gasteiger partial charge in [0.05, 0.1) is 10.7 Å². The van der Waals surface area contributed by atoms with E-state index in [2.05, 4.69) is 10.0 Å². The second kappa shape index (κ2) is 9.27. The monoisotopic (exact) mass is 482 g/mol. The zero-order valence-corrected chi connectivity index (χ0v) is 18.8. The van der Waals surface area contributed by atoms with Crippen LogP contribution in [0.2, 0.25) is 15.1 Å². The highest BCUT2D eigenvalue weighted by Crippen LogP contribution is 2.26. The van der Waals surface area contributed by atoms with E-state index in [1.807, 2.05) is 0 Å². The van der Waals surface area contributed by atoms with E-state index >= 15 is 0 Å². The molecule has 30 heavy (non-hydrogen) atoms. The number of halogens is 3. The first kappa shape index (κ1) is 22.4. The van der Waals surface area contributed by atoms with E-state index in [-0.39, 0.29) is 22.0 Å². The Kier molecular flexibility index (Phi) is 6.93. The zero-order chi connectivity index (χ0) is 21.9. The fourth-order valence-electron chi connectivity index (χ4n) is 2.68. The lowest BCUT2D eigenvalue weighted by Crippen LogP contribution is -2.23. The minimum Gasteiger partial charge on any atom is -0.348 e. The number of rotatable bonds is 6. The van der Waals surface area contributed by atoms with Gasteiger partial charge in [-0.1, -0.05) is 59.1 Å². The third-order valence-electron chi connectivity index (χ3n) is 4.33. The fourth-order valence-corrected chi connectivity index (χ4v) is 4.81. The van der Waals surface area contributed by atoms with Crippen LogP contribution in [-0.2, 0) is 16.6 Å². The largest absolute Gasteiger partial charge is 0.348 e. The first-order valence-corrected chi connectivity index (χ1v) is 11.4. The Hall–Kier alpha value is -2.25. The van der Waals surface area contributed by atoms with Crippen LogP contribution >= 0.6 is 34.8 Å². The van der Waals surface area contributed by atoms with Crippen molar-refractivity contribution in [3.05, 3.63) is 92.4 Å². The molecule has 3 rings (SSSR count). The van der Waals surface area contributed by atoms with E-state index in [0.717, 1.165) is 5.56 Å². The van der Waals surface area contributed by atoms with Crippen LogP contribution in [0.15, 0.2) is 65.6 Å². The van der Waals surface area contributed by atoms with E-state index < -0.39 is 15.9 Å². The molecule has 2 N–H and O–H groups in total. The van der Waals surface area contributed by atoms with Gasteiger partial charge < -0.3 is 5.32 Å². The summed E-state index contributed by atoms with van der Waals surface area (Å²) in [6.07, 6.45) is 0. The third-order valence-corrected chi connectivity index (χ3v) is 6.76. The highest BCUT2D eigenvalue weighted by molar-refractivity contribution is 7.92. The standard InChI is InChI=1S/C21H17Cl3N2O3S/c1-13-4-2-3-5-19(13)26-30(28,29)20-10-14(7-9-17(20)23)21(27)25-12-15-6-8-16(22)11-18(15)24/h2-11,26H,12H2,1H3,(H,25,27). The molecule has 0 unspecified atom stereocenters. The Bertz CT molecular complexity index is 1210. The molecule has 0 aliphatic heterocycles. The van der Waals surface area contributed by atoms with Crippen molar-refractivity contribution in [2.75, 3.05) is 4.72 Å². The van der Waals surface area contributed by atoms with Gasteiger partial charge in [0.25, 0.3) is 15.9 Å². The Balaban J connectivity index is 1.82. The van der Waals surface area contributed by atoms with E-state index in [0.29, 0.717) is 21.3 Å². The number of hydrogen-bond donors (Lipinski definition) is 2. The molecule has 0 aliphatic carbocycles. The molecule has 0 saturated heterocycles. The summed E-state index contributed by atoms with van der Waals surface area (Å²) >= 11 is 18.1. The number of amides is 1. The molecular weight excluding hydrogens is 467 g/mol. The van der Waals surface area contributed by atoms with E-state index in [1.54, 1.807) is 49.4 Å². The molecule has 3 aromatic carbocycles. The van der Waals surface area contributed by atoms with Crippen LogP contribution in [0.1, 0.15) is 21.5 Å². The fraction of sp³-hybridized carbons (Fsp3) is 0.0952. The molecule has 0 atom stereocenters. The minimum atomic E-state index is -4.00. The molecule has 0 aliphatic rings. The van der Waals surface area contributed by atoms with Crippen LogP contribution in [0.4, 0.5) is 5.69 Å². The molecule has 5 nitrogen and oxygen atoms in total. The second-order valence-corrected chi connectivity index (χ2v) is 9.39. The smallest absolute Gasteiger partial charge is 0.263 e. The summed E-state index contributed by atoms with van der Waals surface area (Å²) < 4.78 is 28.2. The zero-order valence-electron chi connectivity index (χ0n) is 15.7. The quantitative estimate of drug-likeness (QED) is 0.473. The van der Waals surface area contributed by atoms with Crippen LogP contribution < -0.4 is 10.0 Å². The van der Waals surface area contributed by atoms with Crippen molar-refractivity contribution >= 4 is 56.4 Å². The second-order valence-electron chi connectivity index (χ2n) is 6.48. The molecule has 1 amide bonds. The normalized spacial score (nSPS) is 11.2. The highest BCUT2D eigenvalue weighted by atomic mass is 35.5. The molecule has 3 aromatic rings. The molecule has 0 radical (unpaired) electrons. The number of benzene rings is 3. The van der Waals surface area contributed by atoms with Gasteiger partial charge in [0, 0.05) is 22.2 Å². The van der Waals surface area contributed by atoms with Crippen molar-refractivity contribution in [3.63, 3.8) is 0 Å². The van der Waals surface area contributed by atoms with E-state index in [4.69, 9.17) is 34.8 Å². The summed E-state index contributed by atoms with van der Waals surface area (Å²) in [6, 6.07) is 16.0. The van der Waals surface area contributed by atoms with Crippen LogP contribution in [0.3, 0.4) is 0 Å².